The van der Waals surface area contributed by atoms with Crippen molar-refractivity contribution in [3.63, 3.8) is 0 Å². The molecule has 0 bridgehead atoms. The van der Waals surface area contributed by atoms with E-state index in [-0.39, 0.29) is 17.7 Å². The Morgan fingerprint density at radius 2 is 2.09 bits per heavy atom. The van der Waals surface area contributed by atoms with Gasteiger partial charge < -0.3 is 25.2 Å². The Kier molecular flexibility index (Phi) is 9.01. The predicted molar refractivity (Wildman–Crippen MR) is 136 cm³/mol. The number of pyridine rings is 1. The first-order valence-corrected chi connectivity index (χ1v) is 11.9. The molecule has 1 aromatic carbocycles. The van der Waals surface area contributed by atoms with E-state index in [0.29, 0.717) is 29.6 Å². The molecule has 2 heterocycles. The van der Waals surface area contributed by atoms with Gasteiger partial charge >= 0.3 is 0 Å². The number of aromatic nitrogens is 1. The second-order valence-corrected chi connectivity index (χ2v) is 9.55. The molecule has 0 radical (unpaired) electrons. The minimum absolute atomic E-state index is 0.0669. The number of carbonyl (C=O) groups excluding carboxylic acids is 2. The molecule has 0 aliphatic carbocycles. The topological polar surface area (TPSA) is 86.8 Å². The minimum Gasteiger partial charge on any atom is -0.473 e. The van der Waals surface area contributed by atoms with Crippen molar-refractivity contribution in [1.29, 1.82) is 0 Å². The van der Waals surface area contributed by atoms with Crippen LogP contribution in [-0.4, -0.2) is 69.0 Å². The van der Waals surface area contributed by atoms with Crippen molar-refractivity contribution in [2.24, 2.45) is 5.92 Å². The molecule has 2 aromatic rings. The molecule has 0 spiro atoms. The summed E-state index contributed by atoms with van der Waals surface area (Å²) < 4.78 is 5.90. The second-order valence-electron chi connectivity index (χ2n) is 9.55. The third-order valence-corrected chi connectivity index (χ3v) is 5.90. The maximum atomic E-state index is 13.1. The lowest BCUT2D eigenvalue weighted by Gasteiger charge is -2.23. The van der Waals surface area contributed by atoms with Crippen LogP contribution in [0, 0.1) is 5.92 Å². The van der Waals surface area contributed by atoms with Crippen molar-refractivity contribution in [2.45, 2.75) is 39.3 Å². The van der Waals surface area contributed by atoms with Gasteiger partial charge in [-0.1, -0.05) is 19.9 Å². The average Bonchev–Trinajstić information content (AvgIpc) is 3.31. The molecule has 3 rings (SSSR count). The second kappa shape index (κ2) is 11.9. The molecule has 1 saturated heterocycles. The molecule has 1 aromatic heterocycles. The molecule has 8 heteroatoms. The Morgan fingerprint density at radius 1 is 1.29 bits per heavy atom. The van der Waals surface area contributed by atoms with E-state index >= 15 is 0 Å². The number of aldehydes is 1. The molecule has 1 aliphatic rings. The van der Waals surface area contributed by atoms with Gasteiger partial charge in [-0.2, -0.15) is 0 Å². The molecule has 1 amide bonds. The Bertz CT molecular complexity index is 986. The van der Waals surface area contributed by atoms with Crippen LogP contribution in [-0.2, 0) is 6.54 Å². The fraction of sp³-hybridized carbons (Fsp3) is 0.500. The zero-order valence-corrected chi connectivity index (χ0v) is 20.9. The fourth-order valence-electron chi connectivity index (χ4n) is 3.91. The van der Waals surface area contributed by atoms with Crippen LogP contribution in [0.5, 0.6) is 5.88 Å². The fourth-order valence-corrected chi connectivity index (χ4v) is 3.91. The zero-order chi connectivity index (χ0) is 24.7. The SMILES string of the molecule is CC(C)CCN(C)Cc1cc(NC(=O)c2cccc(OC3CCNC3)n2)c(N(C)C)cc1C=O. The van der Waals surface area contributed by atoms with Gasteiger partial charge in [-0.25, -0.2) is 4.98 Å². The summed E-state index contributed by atoms with van der Waals surface area (Å²) in [4.78, 5) is 33.4. The first-order chi connectivity index (χ1) is 16.3. The molecule has 34 heavy (non-hydrogen) atoms. The molecule has 8 nitrogen and oxygen atoms in total. The molecule has 1 atom stereocenters. The van der Waals surface area contributed by atoms with Crippen LogP contribution in [0.1, 0.15) is 53.1 Å². The first-order valence-electron chi connectivity index (χ1n) is 11.9. The molecular weight excluding hydrogens is 430 g/mol. The lowest BCUT2D eigenvalue weighted by Crippen LogP contribution is -2.23. The quantitative estimate of drug-likeness (QED) is 0.490. The monoisotopic (exact) mass is 467 g/mol. The smallest absolute Gasteiger partial charge is 0.274 e. The van der Waals surface area contributed by atoms with Gasteiger partial charge in [0.1, 0.15) is 18.1 Å². The molecular formula is C26H37N5O3. The number of ether oxygens (including phenoxy) is 1. The van der Waals surface area contributed by atoms with Crippen LogP contribution in [0.3, 0.4) is 0 Å². The minimum atomic E-state index is -0.323. The van der Waals surface area contributed by atoms with Crippen molar-refractivity contribution in [3.8, 4) is 5.88 Å². The molecule has 184 valence electrons. The van der Waals surface area contributed by atoms with Gasteiger partial charge in [-0.3, -0.25) is 9.59 Å². The van der Waals surface area contributed by atoms with Gasteiger partial charge in [0.05, 0.1) is 11.4 Å². The summed E-state index contributed by atoms with van der Waals surface area (Å²) >= 11 is 0. The van der Waals surface area contributed by atoms with E-state index in [2.05, 4.69) is 34.4 Å². The highest BCUT2D eigenvalue weighted by atomic mass is 16.5. The highest BCUT2D eigenvalue weighted by molar-refractivity contribution is 6.05. The molecule has 0 saturated carbocycles. The van der Waals surface area contributed by atoms with Crippen molar-refractivity contribution in [1.82, 2.24) is 15.2 Å². The van der Waals surface area contributed by atoms with Crippen molar-refractivity contribution < 1.29 is 14.3 Å². The third kappa shape index (κ3) is 7.01. The van der Waals surface area contributed by atoms with Crippen molar-refractivity contribution >= 4 is 23.6 Å². The van der Waals surface area contributed by atoms with E-state index in [1.165, 1.54) is 0 Å². The van der Waals surface area contributed by atoms with Gasteiger partial charge in [0, 0.05) is 38.8 Å². The first kappa shape index (κ1) is 25.6. The summed E-state index contributed by atoms with van der Waals surface area (Å²) in [5.41, 5.74) is 3.18. The molecule has 1 aliphatic heterocycles. The maximum Gasteiger partial charge on any atom is 0.274 e. The number of hydrogen-bond acceptors (Lipinski definition) is 7. The number of hydrogen-bond donors (Lipinski definition) is 2. The van der Waals surface area contributed by atoms with E-state index < -0.39 is 0 Å². The summed E-state index contributed by atoms with van der Waals surface area (Å²) in [5, 5.41) is 6.25. The summed E-state index contributed by atoms with van der Waals surface area (Å²) in [6.07, 6.45) is 2.94. The Balaban J connectivity index is 1.81. The summed E-state index contributed by atoms with van der Waals surface area (Å²) in [7, 11) is 5.82. The van der Waals surface area contributed by atoms with Gasteiger partial charge in [-0.05, 0) is 62.7 Å². The molecule has 1 fully saturated rings. The van der Waals surface area contributed by atoms with Crippen LogP contribution in [0.2, 0.25) is 0 Å². The zero-order valence-electron chi connectivity index (χ0n) is 20.9. The van der Waals surface area contributed by atoms with Crippen LogP contribution in [0.4, 0.5) is 11.4 Å². The van der Waals surface area contributed by atoms with E-state index in [0.717, 1.165) is 50.0 Å². The van der Waals surface area contributed by atoms with Gasteiger partial charge in [0.25, 0.3) is 5.91 Å². The van der Waals surface area contributed by atoms with Gasteiger partial charge in [-0.15, -0.1) is 0 Å². The number of benzene rings is 1. The number of amides is 1. The van der Waals surface area contributed by atoms with Crippen molar-refractivity contribution in [3.05, 3.63) is 47.2 Å². The van der Waals surface area contributed by atoms with Crippen LogP contribution < -0.4 is 20.3 Å². The van der Waals surface area contributed by atoms with Gasteiger partial charge in [0.2, 0.25) is 5.88 Å². The van der Waals surface area contributed by atoms with Gasteiger partial charge in [0.15, 0.2) is 0 Å². The number of nitrogens with one attached hydrogen (secondary N) is 2. The van der Waals surface area contributed by atoms with Crippen LogP contribution >= 0.6 is 0 Å². The average molecular weight is 468 g/mol. The van der Waals surface area contributed by atoms with E-state index in [1.807, 2.05) is 38.2 Å². The lowest BCUT2D eigenvalue weighted by molar-refractivity contribution is 0.102. The van der Waals surface area contributed by atoms with Crippen molar-refractivity contribution in [2.75, 3.05) is 51.0 Å². The number of rotatable bonds is 11. The summed E-state index contributed by atoms with van der Waals surface area (Å²) in [5.74, 6) is 0.727. The highest BCUT2D eigenvalue weighted by Gasteiger charge is 2.19. The van der Waals surface area contributed by atoms with E-state index in [1.54, 1.807) is 18.2 Å². The Labute approximate surface area is 202 Å². The number of nitrogens with zero attached hydrogens (tertiary/aromatic N) is 3. The third-order valence-electron chi connectivity index (χ3n) is 5.90. The molecule has 1 unspecified atom stereocenters. The predicted octanol–water partition coefficient (Wildman–Crippen LogP) is 3.43. The number of carbonyl (C=O) groups is 2. The van der Waals surface area contributed by atoms with E-state index in [9.17, 15) is 9.59 Å². The van der Waals surface area contributed by atoms with Crippen LogP contribution in [0.15, 0.2) is 30.3 Å². The summed E-state index contributed by atoms with van der Waals surface area (Å²) in [6, 6.07) is 8.94. The van der Waals surface area contributed by atoms with E-state index in [4.69, 9.17) is 4.74 Å². The van der Waals surface area contributed by atoms with Crippen LogP contribution in [0.25, 0.3) is 0 Å². The Hall–Kier alpha value is -2.97. The Morgan fingerprint density at radius 3 is 2.74 bits per heavy atom. The summed E-state index contributed by atoms with van der Waals surface area (Å²) in [6.45, 7) is 7.65. The normalized spacial score (nSPS) is 15.6. The molecule has 2 N–H and O–H groups in total. The highest BCUT2D eigenvalue weighted by Crippen LogP contribution is 2.29. The lowest BCUT2D eigenvalue weighted by atomic mass is 10.0. The largest absolute Gasteiger partial charge is 0.473 e. The number of anilines is 2. The standard InChI is InChI=1S/C26H37N5O3/c1-18(2)10-12-31(5)16-19-13-23(24(30(3)4)14-20(19)17-32)29-26(33)22-7-6-8-25(28-22)34-21-9-11-27-15-21/h6-8,13-14,17-18,21,27H,9-12,15-16H2,1-5H3,(H,29,33). The maximum absolute atomic E-state index is 13.1.